The number of nitrogens with zero attached hydrogens (tertiary/aromatic N) is 1. The van der Waals surface area contributed by atoms with E-state index in [9.17, 15) is 34.7 Å². The summed E-state index contributed by atoms with van der Waals surface area (Å²) >= 11 is 0. The molecule has 5 rings (SSSR count). The van der Waals surface area contributed by atoms with Gasteiger partial charge in [0.2, 0.25) is 5.78 Å². The van der Waals surface area contributed by atoms with E-state index in [0.717, 1.165) is 18.4 Å². The number of hydrogen-bond acceptors (Lipinski definition) is 9. The van der Waals surface area contributed by atoms with Gasteiger partial charge < -0.3 is 19.8 Å². The van der Waals surface area contributed by atoms with Gasteiger partial charge in [-0.05, 0) is 85.5 Å². The summed E-state index contributed by atoms with van der Waals surface area (Å²) in [5, 5.41) is 32.7. The Morgan fingerprint density at radius 1 is 1.13 bits per heavy atom. The molecule has 39 heavy (non-hydrogen) atoms. The maximum Gasteiger partial charge on any atom is 0.338 e. The van der Waals surface area contributed by atoms with Crippen molar-refractivity contribution in [3.63, 3.8) is 0 Å². The zero-order chi connectivity index (χ0) is 28.2. The van der Waals surface area contributed by atoms with Crippen molar-refractivity contribution in [1.82, 2.24) is 0 Å². The van der Waals surface area contributed by atoms with E-state index in [1.165, 1.54) is 24.3 Å². The predicted octanol–water partition coefficient (Wildman–Crippen LogP) is 3.35. The molecular weight excluding hydrogens is 506 g/mol. The first-order chi connectivity index (χ1) is 18.4. The van der Waals surface area contributed by atoms with Crippen LogP contribution in [0.5, 0.6) is 0 Å². The Bertz CT molecular complexity index is 1230. The van der Waals surface area contributed by atoms with Crippen molar-refractivity contribution >= 4 is 17.5 Å². The van der Waals surface area contributed by atoms with Crippen LogP contribution in [-0.2, 0) is 25.8 Å². The van der Waals surface area contributed by atoms with Gasteiger partial charge in [0.25, 0.3) is 5.09 Å². The van der Waals surface area contributed by atoms with E-state index in [-0.39, 0.29) is 54.0 Å². The number of Topliss-reactive ketones (excluding diaryl/α,β-unsaturated/α-hetero) is 1. The van der Waals surface area contributed by atoms with E-state index in [2.05, 4.69) is 11.8 Å². The Morgan fingerprint density at radius 2 is 1.85 bits per heavy atom. The second-order valence-electron chi connectivity index (χ2n) is 12.2. The van der Waals surface area contributed by atoms with Gasteiger partial charge in [-0.3, -0.25) is 9.59 Å². The summed E-state index contributed by atoms with van der Waals surface area (Å²) in [6.45, 7) is 3.19. The third-order valence-corrected chi connectivity index (χ3v) is 10.4. The van der Waals surface area contributed by atoms with Crippen LogP contribution in [0.4, 0.5) is 0 Å². The third-order valence-electron chi connectivity index (χ3n) is 10.4. The van der Waals surface area contributed by atoms with Crippen LogP contribution < -0.4 is 0 Å². The molecule has 0 amide bonds. The zero-order valence-corrected chi connectivity index (χ0v) is 22.3. The molecule has 3 saturated carbocycles. The monoisotopic (exact) mass is 541 g/mol. The average Bonchev–Trinajstić information content (AvgIpc) is 3.17. The highest BCUT2D eigenvalue weighted by Crippen LogP contribution is 2.67. The van der Waals surface area contributed by atoms with E-state index in [1.807, 2.05) is 6.92 Å². The van der Waals surface area contributed by atoms with E-state index in [0.29, 0.717) is 24.8 Å². The predicted molar refractivity (Wildman–Crippen MR) is 137 cm³/mol. The summed E-state index contributed by atoms with van der Waals surface area (Å²) in [5.41, 5.74) is -1.08. The lowest BCUT2D eigenvalue weighted by atomic mass is 9.45. The molecule has 0 aromatic heterocycles. The van der Waals surface area contributed by atoms with Gasteiger partial charge >= 0.3 is 5.97 Å². The standard InChI is InChI=1S/C29H35NO9/c1-27-11-9-20(31)13-19(27)7-8-21-22-10-12-29(35,28(22,2)14-23(32)25(21)27)24(33)16-38-26(34)18-5-3-17(4-6-18)15-39-30(36)37/h3-6,13,21-23,25,32,35H,7-12,14-16H2,1-2H3/t21?,22?,23-,25?,27-,28-,29-/m0/s1. The maximum absolute atomic E-state index is 13.4. The first kappa shape index (κ1) is 27.5. The summed E-state index contributed by atoms with van der Waals surface area (Å²) < 4.78 is 5.27. The lowest BCUT2D eigenvalue weighted by molar-refractivity contribution is -0.763. The fourth-order valence-corrected chi connectivity index (χ4v) is 8.35. The summed E-state index contributed by atoms with van der Waals surface area (Å²) in [6.07, 6.45) is 4.96. The second-order valence-corrected chi connectivity index (χ2v) is 12.2. The Labute approximate surface area is 226 Å². The molecule has 4 aliphatic carbocycles. The molecule has 7 atom stereocenters. The number of hydrogen-bond donors (Lipinski definition) is 2. The van der Waals surface area contributed by atoms with Crippen LogP contribution in [0, 0.1) is 38.7 Å². The molecule has 0 saturated heterocycles. The molecule has 3 fully saturated rings. The molecule has 0 radical (unpaired) electrons. The Kier molecular flexibility index (Phi) is 6.91. The summed E-state index contributed by atoms with van der Waals surface area (Å²) in [7, 11) is 0. The van der Waals surface area contributed by atoms with Gasteiger partial charge in [0.15, 0.2) is 12.4 Å². The molecule has 1 aromatic rings. The number of allylic oxidation sites excluding steroid dienone is 1. The fraction of sp³-hybridized carbons (Fsp3) is 0.621. The molecule has 10 heteroatoms. The van der Waals surface area contributed by atoms with E-state index >= 15 is 0 Å². The number of carbonyl (C=O) groups is 3. The number of aliphatic hydroxyl groups is 2. The van der Waals surface area contributed by atoms with Crippen molar-refractivity contribution in [3.8, 4) is 0 Å². The van der Waals surface area contributed by atoms with Crippen molar-refractivity contribution in [1.29, 1.82) is 0 Å². The maximum atomic E-state index is 13.4. The zero-order valence-electron chi connectivity index (χ0n) is 22.3. The topological polar surface area (TPSA) is 153 Å². The smallest absolute Gasteiger partial charge is 0.338 e. The molecule has 2 N–H and O–H groups in total. The number of aliphatic hydroxyl groups excluding tert-OH is 1. The van der Waals surface area contributed by atoms with Gasteiger partial charge in [0.05, 0.1) is 11.7 Å². The number of ether oxygens (including phenoxy) is 1. The van der Waals surface area contributed by atoms with E-state index in [4.69, 9.17) is 4.74 Å². The molecule has 3 unspecified atom stereocenters. The average molecular weight is 542 g/mol. The second kappa shape index (κ2) is 9.82. The number of esters is 1. The SMILES string of the molecule is C[C@]12CCC(=O)C=C1CCC1C2[C@@H](O)C[C@@]2(C)C1CC[C@]2(O)C(=O)COC(=O)c1ccc(CO[N+](=O)[O-])cc1. The third kappa shape index (κ3) is 4.47. The van der Waals surface area contributed by atoms with Gasteiger partial charge in [0.1, 0.15) is 12.2 Å². The quantitative estimate of drug-likeness (QED) is 0.300. The van der Waals surface area contributed by atoms with Crippen molar-refractivity contribution in [2.45, 2.75) is 77.1 Å². The van der Waals surface area contributed by atoms with Gasteiger partial charge in [-0.15, -0.1) is 10.1 Å². The molecular formula is C29H35NO9. The highest BCUT2D eigenvalue weighted by Gasteiger charge is 2.68. The molecule has 0 heterocycles. The number of rotatable bonds is 7. The Hall–Kier alpha value is -3.11. The van der Waals surface area contributed by atoms with Gasteiger partial charge in [-0.25, -0.2) is 4.79 Å². The van der Waals surface area contributed by atoms with Gasteiger partial charge in [0, 0.05) is 11.8 Å². The number of carbonyl (C=O) groups excluding carboxylic acids is 3. The Morgan fingerprint density at radius 3 is 2.54 bits per heavy atom. The fourth-order valence-electron chi connectivity index (χ4n) is 8.35. The summed E-state index contributed by atoms with van der Waals surface area (Å²) in [6, 6.07) is 5.84. The molecule has 0 spiro atoms. The normalized spacial score (nSPS) is 37.1. The minimum Gasteiger partial charge on any atom is -0.454 e. The minimum absolute atomic E-state index is 0.0282. The van der Waals surface area contributed by atoms with Crippen LogP contribution in [0.25, 0.3) is 0 Å². The van der Waals surface area contributed by atoms with Crippen molar-refractivity contribution in [2.75, 3.05) is 6.61 Å². The van der Waals surface area contributed by atoms with Crippen LogP contribution in [0.1, 0.15) is 74.7 Å². The Balaban J connectivity index is 1.28. The lowest BCUT2D eigenvalue weighted by Gasteiger charge is -2.60. The van der Waals surface area contributed by atoms with Crippen LogP contribution in [0.15, 0.2) is 35.9 Å². The highest BCUT2D eigenvalue weighted by molar-refractivity contribution is 5.94. The number of fused-ring (bicyclic) bond motifs is 5. The first-order valence-corrected chi connectivity index (χ1v) is 13.6. The van der Waals surface area contributed by atoms with Crippen molar-refractivity contribution < 1.29 is 39.3 Å². The summed E-state index contributed by atoms with van der Waals surface area (Å²) in [5.74, 6) is -1.06. The van der Waals surface area contributed by atoms with Crippen molar-refractivity contribution in [2.24, 2.45) is 28.6 Å². The van der Waals surface area contributed by atoms with Gasteiger partial charge in [-0.2, -0.15) is 0 Å². The van der Waals surface area contributed by atoms with E-state index in [1.54, 1.807) is 6.08 Å². The molecule has 0 bridgehead atoms. The lowest BCUT2D eigenvalue weighted by Crippen LogP contribution is -2.62. The molecule has 4 aliphatic rings. The molecule has 1 aromatic carbocycles. The summed E-state index contributed by atoms with van der Waals surface area (Å²) in [4.78, 5) is 52.7. The van der Waals surface area contributed by atoms with Crippen molar-refractivity contribution in [3.05, 3.63) is 57.2 Å². The molecule has 210 valence electrons. The molecule has 10 nitrogen and oxygen atoms in total. The number of benzene rings is 1. The highest BCUT2D eigenvalue weighted by atomic mass is 16.9. The van der Waals surface area contributed by atoms with Crippen LogP contribution in [0.3, 0.4) is 0 Å². The number of ketones is 2. The molecule has 0 aliphatic heterocycles. The van der Waals surface area contributed by atoms with Crippen LogP contribution in [0.2, 0.25) is 0 Å². The van der Waals surface area contributed by atoms with Crippen LogP contribution >= 0.6 is 0 Å². The largest absolute Gasteiger partial charge is 0.454 e. The van der Waals surface area contributed by atoms with Crippen LogP contribution in [-0.4, -0.2) is 51.1 Å². The first-order valence-electron chi connectivity index (χ1n) is 13.6. The van der Waals surface area contributed by atoms with E-state index < -0.39 is 40.6 Å². The minimum atomic E-state index is -1.73. The van der Waals surface area contributed by atoms with Gasteiger partial charge in [-0.1, -0.05) is 31.6 Å².